The van der Waals surface area contributed by atoms with E-state index in [1.807, 2.05) is 0 Å². The molecule has 0 aromatic heterocycles. The maximum absolute atomic E-state index is 13.0. The summed E-state index contributed by atoms with van der Waals surface area (Å²) in [5.41, 5.74) is 0. The van der Waals surface area contributed by atoms with Crippen LogP contribution in [0.25, 0.3) is 0 Å². The summed E-state index contributed by atoms with van der Waals surface area (Å²) in [5.74, 6) is -2.37. The zero-order chi connectivity index (χ0) is 16.2. The van der Waals surface area contributed by atoms with Crippen LogP contribution in [0.2, 0.25) is 0 Å². The van der Waals surface area contributed by atoms with Gasteiger partial charge in [0.1, 0.15) is 0 Å². The molecule has 0 spiro atoms. The quantitative estimate of drug-likeness (QED) is 0.624. The number of ether oxygens (including phenoxy) is 1. The van der Waals surface area contributed by atoms with Crippen LogP contribution < -0.4 is 0 Å². The number of halogens is 3. The van der Waals surface area contributed by atoms with Crippen LogP contribution in [0.3, 0.4) is 0 Å². The number of hydrogen-bond acceptors (Lipinski definition) is 5. The average molecular weight is 334 g/mol. The van der Waals surface area contributed by atoms with Gasteiger partial charge in [0, 0.05) is 0 Å². The molecule has 0 radical (unpaired) electrons. The molecule has 0 fully saturated rings. The Bertz CT molecular complexity index is 366. The molecule has 1 rings (SSSR count). The van der Waals surface area contributed by atoms with Crippen molar-refractivity contribution in [3.8, 4) is 0 Å². The minimum atomic E-state index is -4.67. The van der Waals surface area contributed by atoms with Crippen LogP contribution >= 0.6 is 7.51 Å². The van der Waals surface area contributed by atoms with E-state index in [9.17, 15) is 13.2 Å². The van der Waals surface area contributed by atoms with Crippen LogP contribution in [-0.4, -0.2) is 38.4 Å². The van der Waals surface area contributed by atoms with E-state index in [2.05, 4.69) is 0 Å². The van der Waals surface area contributed by atoms with Gasteiger partial charge in [-0.25, -0.2) is 0 Å². The minimum absolute atomic E-state index is 0.0698. The molecule has 0 N–H and O–H groups in total. The van der Waals surface area contributed by atoms with Crippen LogP contribution in [-0.2, 0) is 22.8 Å². The van der Waals surface area contributed by atoms with Crippen molar-refractivity contribution in [2.75, 3.05) is 26.4 Å². The Kier molecular flexibility index (Phi) is 6.03. The number of allylic oxidation sites excluding steroid dienone is 1. The first kappa shape index (κ1) is 18.6. The fourth-order valence-electron chi connectivity index (χ4n) is 2.11. The molecule has 0 aromatic carbocycles. The molecule has 0 aliphatic carbocycles. The third kappa shape index (κ3) is 3.51. The fourth-order valence-corrected chi connectivity index (χ4v) is 5.72. The van der Waals surface area contributed by atoms with Gasteiger partial charge in [0.2, 0.25) is 0 Å². The molecule has 1 unspecified atom stereocenters. The molecule has 1 aliphatic heterocycles. The second kappa shape index (κ2) is 6.79. The van der Waals surface area contributed by atoms with Crippen LogP contribution in [0, 0.1) is 0 Å². The van der Waals surface area contributed by atoms with Gasteiger partial charge in [-0.15, -0.1) is 0 Å². The van der Waals surface area contributed by atoms with Crippen molar-refractivity contribution in [2.24, 2.45) is 0 Å². The van der Waals surface area contributed by atoms with Crippen LogP contribution in [0.4, 0.5) is 13.2 Å². The van der Waals surface area contributed by atoms with Gasteiger partial charge < -0.3 is 0 Å². The van der Waals surface area contributed by atoms with Crippen LogP contribution in [0.1, 0.15) is 27.7 Å². The van der Waals surface area contributed by atoms with E-state index in [1.54, 1.807) is 27.7 Å². The summed E-state index contributed by atoms with van der Waals surface area (Å²) in [6.45, 7) is 6.93. The van der Waals surface area contributed by atoms with Crippen molar-refractivity contribution in [1.82, 2.24) is 0 Å². The molecule has 0 aromatic rings. The topological polar surface area (TPSA) is 46.2 Å². The predicted molar refractivity (Wildman–Crippen MR) is 72.4 cm³/mol. The Morgan fingerprint density at radius 3 is 1.81 bits per heavy atom. The predicted octanol–water partition coefficient (Wildman–Crippen LogP) is 4.15. The number of rotatable bonds is 8. The van der Waals surface area contributed by atoms with Gasteiger partial charge in [-0.2, -0.15) is 0 Å². The molecule has 1 heterocycles. The van der Waals surface area contributed by atoms with Crippen molar-refractivity contribution < 1.29 is 36.0 Å². The van der Waals surface area contributed by atoms with E-state index in [-0.39, 0.29) is 26.4 Å². The van der Waals surface area contributed by atoms with Gasteiger partial charge in [0.05, 0.1) is 0 Å². The SMILES string of the molecule is CCOC1C=C(C(F)(F)F)OP1(OCC)(OCC)OCC. The Labute approximate surface area is 122 Å². The second-order valence-electron chi connectivity index (χ2n) is 4.09. The van der Waals surface area contributed by atoms with Gasteiger partial charge >= 0.3 is 121 Å². The molecule has 1 atom stereocenters. The molecular formula is C12H22F3O5P. The van der Waals surface area contributed by atoms with Crippen LogP contribution in [0.15, 0.2) is 11.8 Å². The molecular weight excluding hydrogens is 312 g/mol. The van der Waals surface area contributed by atoms with Crippen molar-refractivity contribution in [3.05, 3.63) is 11.8 Å². The summed E-state index contributed by atoms with van der Waals surface area (Å²) < 4.78 is 66.2. The monoisotopic (exact) mass is 334 g/mol. The van der Waals surface area contributed by atoms with E-state index in [1.165, 1.54) is 0 Å². The molecule has 0 saturated carbocycles. The molecule has 21 heavy (non-hydrogen) atoms. The van der Waals surface area contributed by atoms with Crippen molar-refractivity contribution in [1.29, 1.82) is 0 Å². The fraction of sp³-hybridized carbons (Fsp3) is 0.833. The Balaban J connectivity index is 3.33. The Hall–Kier alpha value is -0.400. The van der Waals surface area contributed by atoms with Crippen molar-refractivity contribution in [2.45, 2.75) is 39.7 Å². The molecule has 0 amide bonds. The van der Waals surface area contributed by atoms with E-state index >= 15 is 0 Å². The van der Waals surface area contributed by atoms with E-state index in [0.717, 1.165) is 6.08 Å². The molecule has 1 aliphatic rings. The summed E-state index contributed by atoms with van der Waals surface area (Å²) in [6.07, 6.45) is -3.83. The van der Waals surface area contributed by atoms with Gasteiger partial charge in [-0.05, 0) is 0 Å². The van der Waals surface area contributed by atoms with Gasteiger partial charge in [-0.1, -0.05) is 0 Å². The summed E-state index contributed by atoms with van der Waals surface area (Å²) in [6, 6.07) is 0. The first-order valence-electron chi connectivity index (χ1n) is 6.85. The van der Waals surface area contributed by atoms with E-state index in [4.69, 9.17) is 22.8 Å². The van der Waals surface area contributed by atoms with Crippen LogP contribution in [0.5, 0.6) is 0 Å². The molecule has 9 heteroatoms. The molecule has 0 bridgehead atoms. The van der Waals surface area contributed by atoms with Crippen molar-refractivity contribution in [3.63, 3.8) is 0 Å². The second-order valence-corrected chi connectivity index (χ2v) is 7.29. The zero-order valence-corrected chi connectivity index (χ0v) is 13.5. The van der Waals surface area contributed by atoms with Gasteiger partial charge in [-0.3, -0.25) is 0 Å². The number of alkyl halides is 3. The summed E-state index contributed by atoms with van der Waals surface area (Å²) in [7, 11) is -4.53. The average Bonchev–Trinajstić information content (AvgIpc) is 2.67. The third-order valence-electron chi connectivity index (χ3n) is 2.67. The summed E-state index contributed by atoms with van der Waals surface area (Å²) in [4.78, 5) is 0. The first-order chi connectivity index (χ1) is 9.77. The van der Waals surface area contributed by atoms with Gasteiger partial charge in [0.15, 0.2) is 0 Å². The van der Waals surface area contributed by atoms with Crippen molar-refractivity contribution >= 4 is 7.51 Å². The van der Waals surface area contributed by atoms with Gasteiger partial charge in [0.25, 0.3) is 0 Å². The third-order valence-corrected chi connectivity index (χ3v) is 6.50. The first-order valence-corrected chi connectivity index (χ1v) is 8.83. The standard InChI is InChI=1S/C12H22F3O5P/c1-5-16-11-9-10(12(13,14)15)20-21(11,17-6-2,18-7-3)19-8-4/h9,11H,5-8H2,1-4H3. The van der Waals surface area contributed by atoms with E-state index in [0.29, 0.717) is 0 Å². The maximum atomic E-state index is 13.0. The summed E-state index contributed by atoms with van der Waals surface area (Å²) >= 11 is 0. The Morgan fingerprint density at radius 1 is 1.00 bits per heavy atom. The Morgan fingerprint density at radius 2 is 1.48 bits per heavy atom. The number of hydrogen-bond donors (Lipinski definition) is 0. The zero-order valence-electron chi connectivity index (χ0n) is 12.6. The molecule has 0 saturated heterocycles. The summed E-state index contributed by atoms with van der Waals surface area (Å²) in [5, 5.41) is 0. The molecule has 126 valence electrons. The van der Waals surface area contributed by atoms with E-state index < -0.39 is 25.3 Å². The molecule has 5 nitrogen and oxygen atoms in total. The normalized spacial score (nSPS) is 25.8.